The molecule has 3 heterocycles. The zero-order chi connectivity index (χ0) is 13.8. The smallest absolute Gasteiger partial charge is 0.193 e. The van der Waals surface area contributed by atoms with Crippen molar-refractivity contribution in [1.29, 1.82) is 0 Å². The van der Waals surface area contributed by atoms with E-state index < -0.39 is 0 Å². The second kappa shape index (κ2) is 5.87. The first-order valence-corrected chi connectivity index (χ1v) is 7.37. The van der Waals surface area contributed by atoms with Gasteiger partial charge >= 0.3 is 0 Å². The van der Waals surface area contributed by atoms with Gasteiger partial charge in [-0.3, -0.25) is 4.99 Å². The van der Waals surface area contributed by atoms with E-state index in [-0.39, 0.29) is 0 Å². The van der Waals surface area contributed by atoms with Crippen LogP contribution in [0.4, 0.5) is 0 Å². The predicted octanol–water partition coefficient (Wildman–Crippen LogP) is 1.51. The molecule has 1 N–H and O–H groups in total. The van der Waals surface area contributed by atoms with E-state index in [2.05, 4.69) is 15.2 Å². The summed E-state index contributed by atoms with van der Waals surface area (Å²) in [5, 5.41) is 3.43. The van der Waals surface area contributed by atoms with Crippen LogP contribution in [0.5, 0.6) is 0 Å². The minimum atomic E-state index is 0.374. The van der Waals surface area contributed by atoms with Crippen molar-refractivity contribution in [2.45, 2.75) is 19.3 Å². The van der Waals surface area contributed by atoms with E-state index in [0.29, 0.717) is 5.41 Å². The van der Waals surface area contributed by atoms with Gasteiger partial charge in [0.25, 0.3) is 0 Å². The van der Waals surface area contributed by atoms with Crippen LogP contribution in [0.25, 0.3) is 0 Å². The third-order valence-corrected chi connectivity index (χ3v) is 4.37. The predicted molar refractivity (Wildman–Crippen MR) is 77.8 cm³/mol. The second-order valence-corrected chi connectivity index (χ2v) is 5.78. The van der Waals surface area contributed by atoms with Gasteiger partial charge in [0.2, 0.25) is 0 Å². The fourth-order valence-electron chi connectivity index (χ4n) is 3.17. The molecule has 0 amide bonds. The zero-order valence-corrected chi connectivity index (χ0v) is 12.1. The molecule has 1 spiro atoms. The van der Waals surface area contributed by atoms with Crippen molar-refractivity contribution in [3.8, 4) is 0 Å². The summed E-state index contributed by atoms with van der Waals surface area (Å²) in [4.78, 5) is 6.76. The summed E-state index contributed by atoms with van der Waals surface area (Å²) in [6.07, 6.45) is 5.00. The number of ether oxygens (including phenoxy) is 1. The highest BCUT2D eigenvalue weighted by Gasteiger charge is 2.42. The Balaban J connectivity index is 1.50. The standard InChI is InChI=1S/C15H23N3O2/c1-16-14(17-7-4-13-3-2-9-20-13)18-8-5-15(11-18)6-10-19-12-15/h2-3,9H,4-8,10-12H2,1H3,(H,16,17). The summed E-state index contributed by atoms with van der Waals surface area (Å²) in [5.74, 6) is 2.01. The van der Waals surface area contributed by atoms with Crippen molar-refractivity contribution in [2.75, 3.05) is 39.9 Å². The van der Waals surface area contributed by atoms with Gasteiger partial charge in [0, 0.05) is 45.1 Å². The quantitative estimate of drug-likeness (QED) is 0.672. The number of rotatable bonds is 3. The van der Waals surface area contributed by atoms with Crippen LogP contribution in [-0.2, 0) is 11.2 Å². The summed E-state index contributed by atoms with van der Waals surface area (Å²) in [6, 6.07) is 3.93. The lowest BCUT2D eigenvalue weighted by molar-refractivity contribution is 0.156. The molecule has 3 rings (SSSR count). The molecule has 2 aliphatic rings. The molecular formula is C15H23N3O2. The Morgan fingerprint density at radius 2 is 2.45 bits per heavy atom. The van der Waals surface area contributed by atoms with Crippen LogP contribution in [0.2, 0.25) is 0 Å². The lowest BCUT2D eigenvalue weighted by Crippen LogP contribution is -2.42. The molecule has 20 heavy (non-hydrogen) atoms. The van der Waals surface area contributed by atoms with Crippen molar-refractivity contribution in [3.05, 3.63) is 24.2 Å². The number of furan rings is 1. The van der Waals surface area contributed by atoms with Gasteiger partial charge in [0.15, 0.2) is 5.96 Å². The summed E-state index contributed by atoms with van der Waals surface area (Å²) in [7, 11) is 1.85. The number of nitrogens with zero attached hydrogens (tertiary/aromatic N) is 2. The van der Waals surface area contributed by atoms with Crippen molar-refractivity contribution < 1.29 is 9.15 Å². The van der Waals surface area contributed by atoms with Crippen molar-refractivity contribution >= 4 is 5.96 Å². The van der Waals surface area contributed by atoms with Gasteiger partial charge < -0.3 is 19.4 Å². The number of hydrogen-bond acceptors (Lipinski definition) is 3. The van der Waals surface area contributed by atoms with Gasteiger partial charge in [0.1, 0.15) is 5.76 Å². The fraction of sp³-hybridized carbons (Fsp3) is 0.667. The summed E-state index contributed by atoms with van der Waals surface area (Å²) < 4.78 is 10.9. The maximum Gasteiger partial charge on any atom is 0.193 e. The fourth-order valence-corrected chi connectivity index (χ4v) is 3.17. The van der Waals surface area contributed by atoms with Crippen molar-refractivity contribution in [1.82, 2.24) is 10.2 Å². The van der Waals surface area contributed by atoms with E-state index in [1.807, 2.05) is 19.2 Å². The molecule has 110 valence electrons. The normalized spacial score (nSPS) is 26.6. The Bertz CT molecular complexity index is 450. The summed E-state index contributed by atoms with van der Waals surface area (Å²) >= 11 is 0. The molecule has 5 heteroatoms. The zero-order valence-electron chi connectivity index (χ0n) is 12.1. The molecule has 0 radical (unpaired) electrons. The van der Waals surface area contributed by atoms with Gasteiger partial charge in [-0.05, 0) is 25.0 Å². The molecule has 0 aromatic carbocycles. The van der Waals surface area contributed by atoms with E-state index in [1.54, 1.807) is 6.26 Å². The van der Waals surface area contributed by atoms with E-state index in [9.17, 15) is 0 Å². The summed E-state index contributed by atoms with van der Waals surface area (Å²) in [5.41, 5.74) is 0.374. The monoisotopic (exact) mass is 277 g/mol. The average Bonchev–Trinajstić information content (AvgIpc) is 3.19. The SMILES string of the molecule is CN=C(NCCc1ccco1)N1CCC2(CCOC2)C1. The topological polar surface area (TPSA) is 50.0 Å². The number of nitrogens with one attached hydrogen (secondary N) is 1. The van der Waals surface area contributed by atoms with Crippen LogP contribution in [-0.4, -0.2) is 50.8 Å². The van der Waals surface area contributed by atoms with E-state index in [0.717, 1.165) is 51.0 Å². The van der Waals surface area contributed by atoms with E-state index >= 15 is 0 Å². The molecule has 1 atom stereocenters. The van der Waals surface area contributed by atoms with Gasteiger partial charge in [-0.2, -0.15) is 0 Å². The first-order chi connectivity index (χ1) is 9.81. The minimum Gasteiger partial charge on any atom is -0.469 e. The molecule has 1 aromatic heterocycles. The van der Waals surface area contributed by atoms with Crippen LogP contribution in [0.15, 0.2) is 27.8 Å². The van der Waals surface area contributed by atoms with Crippen molar-refractivity contribution in [3.63, 3.8) is 0 Å². The first kappa shape index (κ1) is 13.5. The Morgan fingerprint density at radius 1 is 1.50 bits per heavy atom. The average molecular weight is 277 g/mol. The van der Waals surface area contributed by atoms with Crippen molar-refractivity contribution in [2.24, 2.45) is 10.4 Å². The number of guanidine groups is 1. The lowest BCUT2D eigenvalue weighted by atomic mass is 9.87. The molecule has 2 aliphatic heterocycles. The molecule has 2 saturated heterocycles. The highest BCUT2D eigenvalue weighted by molar-refractivity contribution is 5.80. The van der Waals surface area contributed by atoms with Crippen LogP contribution in [0.3, 0.4) is 0 Å². The third-order valence-electron chi connectivity index (χ3n) is 4.37. The number of likely N-dealkylation sites (tertiary alicyclic amines) is 1. The molecule has 0 saturated carbocycles. The van der Waals surface area contributed by atoms with E-state index in [4.69, 9.17) is 9.15 Å². The maximum atomic E-state index is 5.57. The van der Waals surface area contributed by atoms with Gasteiger partial charge in [0.05, 0.1) is 12.9 Å². The Labute approximate surface area is 120 Å². The first-order valence-electron chi connectivity index (χ1n) is 7.37. The Hall–Kier alpha value is -1.49. The molecule has 2 fully saturated rings. The molecule has 0 aliphatic carbocycles. The highest BCUT2D eigenvalue weighted by atomic mass is 16.5. The molecule has 0 bridgehead atoms. The van der Waals surface area contributed by atoms with Crippen LogP contribution in [0.1, 0.15) is 18.6 Å². The Kier molecular flexibility index (Phi) is 3.96. The molecule has 5 nitrogen and oxygen atoms in total. The van der Waals surface area contributed by atoms with Gasteiger partial charge in [-0.15, -0.1) is 0 Å². The molecule has 1 unspecified atom stereocenters. The van der Waals surface area contributed by atoms with Crippen LogP contribution >= 0.6 is 0 Å². The second-order valence-electron chi connectivity index (χ2n) is 5.78. The maximum absolute atomic E-state index is 5.57. The van der Waals surface area contributed by atoms with Gasteiger partial charge in [-0.1, -0.05) is 0 Å². The Morgan fingerprint density at radius 3 is 3.15 bits per heavy atom. The molecule has 1 aromatic rings. The molecular weight excluding hydrogens is 254 g/mol. The van der Waals surface area contributed by atoms with Crippen LogP contribution in [0, 0.1) is 5.41 Å². The number of hydrogen-bond donors (Lipinski definition) is 1. The minimum absolute atomic E-state index is 0.374. The third kappa shape index (κ3) is 2.82. The van der Waals surface area contributed by atoms with Gasteiger partial charge in [-0.25, -0.2) is 0 Å². The highest BCUT2D eigenvalue weighted by Crippen LogP contribution is 2.38. The van der Waals surface area contributed by atoms with E-state index in [1.165, 1.54) is 12.8 Å². The van der Waals surface area contributed by atoms with Crippen LogP contribution < -0.4 is 5.32 Å². The largest absolute Gasteiger partial charge is 0.469 e. The summed E-state index contributed by atoms with van der Waals surface area (Å²) in [6.45, 7) is 4.81. The number of aliphatic imine (C=N–C) groups is 1. The lowest BCUT2D eigenvalue weighted by Gasteiger charge is -2.24.